The van der Waals surface area contributed by atoms with Crippen LogP contribution in [0.1, 0.15) is 13.3 Å². The van der Waals surface area contributed by atoms with E-state index in [9.17, 15) is 0 Å². The highest BCUT2D eigenvalue weighted by Crippen LogP contribution is 2.35. The number of thiol groups is 1. The number of hydrogen-bond donors (Lipinski definition) is 1. The third-order valence-electron chi connectivity index (χ3n) is 1.31. The van der Waals surface area contributed by atoms with Gasteiger partial charge >= 0.3 is 0 Å². The van der Waals surface area contributed by atoms with E-state index >= 15 is 0 Å². The standard InChI is InChI=1S/C8H13S/c1-3-5-9-6-4-8(2)7-9/h4,6-7,9H,1,3,5H2,2H3. The molecule has 1 heteroatoms. The minimum atomic E-state index is 0.110. The molecular weight excluding hydrogens is 128 g/mol. The Bertz CT molecular complexity index is 145. The van der Waals surface area contributed by atoms with Crippen LogP contribution in [0.4, 0.5) is 0 Å². The molecule has 1 atom stereocenters. The fourth-order valence-electron chi connectivity index (χ4n) is 0.883. The molecule has 1 aliphatic heterocycles. The Balaban J connectivity index is 2.40. The van der Waals surface area contributed by atoms with Gasteiger partial charge in [0.1, 0.15) is 0 Å². The summed E-state index contributed by atoms with van der Waals surface area (Å²) >= 11 is 0. The van der Waals surface area contributed by atoms with Gasteiger partial charge in [-0.15, -0.1) is 0 Å². The van der Waals surface area contributed by atoms with Crippen LogP contribution in [0, 0.1) is 6.92 Å². The molecule has 0 saturated heterocycles. The summed E-state index contributed by atoms with van der Waals surface area (Å²) in [6, 6.07) is 0. The maximum atomic E-state index is 3.83. The highest BCUT2D eigenvalue weighted by Gasteiger charge is 1.99. The van der Waals surface area contributed by atoms with Gasteiger partial charge in [-0.25, -0.2) is 10.9 Å². The van der Waals surface area contributed by atoms with E-state index in [1.807, 2.05) is 0 Å². The number of rotatable bonds is 2. The van der Waals surface area contributed by atoms with E-state index in [0.29, 0.717) is 0 Å². The smallest absolute Gasteiger partial charge is 0.0185 e. The van der Waals surface area contributed by atoms with Crippen molar-refractivity contribution in [2.45, 2.75) is 13.3 Å². The zero-order chi connectivity index (χ0) is 6.69. The van der Waals surface area contributed by atoms with E-state index in [0.717, 1.165) is 6.42 Å². The van der Waals surface area contributed by atoms with E-state index in [2.05, 4.69) is 30.7 Å². The minimum Gasteiger partial charge on any atom is -0.213 e. The van der Waals surface area contributed by atoms with Crippen molar-refractivity contribution in [2.75, 3.05) is 5.75 Å². The Labute approximate surface area is 60.0 Å². The van der Waals surface area contributed by atoms with E-state index < -0.39 is 0 Å². The lowest BCUT2D eigenvalue weighted by Crippen LogP contribution is -1.75. The summed E-state index contributed by atoms with van der Waals surface area (Å²) in [6.45, 7) is 5.98. The average Bonchev–Trinajstić information content (AvgIpc) is 2.17. The first-order valence-corrected chi connectivity index (χ1v) is 4.91. The van der Waals surface area contributed by atoms with E-state index in [-0.39, 0.29) is 10.9 Å². The van der Waals surface area contributed by atoms with Crippen LogP contribution in [0.15, 0.2) is 22.5 Å². The molecule has 0 aromatic heterocycles. The molecule has 0 aliphatic carbocycles. The molecule has 0 saturated carbocycles. The lowest BCUT2D eigenvalue weighted by atomic mass is 10.4. The quantitative estimate of drug-likeness (QED) is 0.561. The lowest BCUT2D eigenvalue weighted by Gasteiger charge is -2.05. The monoisotopic (exact) mass is 141 g/mol. The van der Waals surface area contributed by atoms with Crippen molar-refractivity contribution in [3.63, 3.8) is 0 Å². The Morgan fingerprint density at radius 2 is 2.44 bits per heavy atom. The van der Waals surface area contributed by atoms with Crippen molar-refractivity contribution < 1.29 is 0 Å². The van der Waals surface area contributed by atoms with E-state index in [1.54, 1.807) is 0 Å². The number of allylic oxidation sites excluding steroid dienone is 2. The molecule has 0 N–H and O–H groups in total. The molecule has 0 amide bonds. The summed E-state index contributed by atoms with van der Waals surface area (Å²) in [7, 11) is 0.110. The molecule has 0 aromatic rings. The summed E-state index contributed by atoms with van der Waals surface area (Å²) in [5.41, 5.74) is 1.43. The van der Waals surface area contributed by atoms with Crippen molar-refractivity contribution in [3.05, 3.63) is 29.4 Å². The zero-order valence-corrected chi connectivity index (χ0v) is 6.70. The van der Waals surface area contributed by atoms with Crippen molar-refractivity contribution in [3.8, 4) is 0 Å². The fraction of sp³-hybridized carbons (Fsp3) is 0.375. The Morgan fingerprint density at radius 1 is 1.67 bits per heavy atom. The van der Waals surface area contributed by atoms with Crippen LogP contribution in [0.2, 0.25) is 0 Å². The van der Waals surface area contributed by atoms with E-state index in [1.165, 1.54) is 11.3 Å². The maximum absolute atomic E-state index is 3.83. The van der Waals surface area contributed by atoms with Crippen LogP contribution in [0.5, 0.6) is 0 Å². The van der Waals surface area contributed by atoms with Crippen molar-refractivity contribution >= 4 is 10.9 Å². The van der Waals surface area contributed by atoms with Crippen molar-refractivity contribution in [1.29, 1.82) is 0 Å². The molecule has 0 nitrogen and oxygen atoms in total. The highest BCUT2D eigenvalue weighted by molar-refractivity contribution is 8.22. The SMILES string of the molecule is [CH2]CC[SH]1C=CC(C)=C1. The third kappa shape index (κ3) is 1.90. The van der Waals surface area contributed by atoms with Gasteiger partial charge in [-0.3, -0.25) is 0 Å². The van der Waals surface area contributed by atoms with Gasteiger partial charge in [0.15, 0.2) is 0 Å². The highest BCUT2D eigenvalue weighted by atomic mass is 32.2. The van der Waals surface area contributed by atoms with Gasteiger partial charge in [0.25, 0.3) is 0 Å². The van der Waals surface area contributed by atoms with Crippen molar-refractivity contribution in [1.82, 2.24) is 0 Å². The van der Waals surface area contributed by atoms with Gasteiger partial charge in [0, 0.05) is 0 Å². The summed E-state index contributed by atoms with van der Waals surface area (Å²) < 4.78 is 0. The lowest BCUT2D eigenvalue weighted by molar-refractivity contribution is 1.25. The summed E-state index contributed by atoms with van der Waals surface area (Å²) in [5, 5.41) is 4.68. The second-order valence-electron chi connectivity index (χ2n) is 2.28. The Kier molecular flexibility index (Phi) is 2.40. The van der Waals surface area contributed by atoms with Gasteiger partial charge in [-0.05, 0) is 35.5 Å². The van der Waals surface area contributed by atoms with Crippen LogP contribution in [-0.2, 0) is 0 Å². The van der Waals surface area contributed by atoms with Gasteiger partial charge in [0.2, 0.25) is 0 Å². The van der Waals surface area contributed by atoms with Crippen LogP contribution >= 0.6 is 10.9 Å². The normalized spacial score (nSPS) is 28.7. The molecule has 51 valence electrons. The average molecular weight is 141 g/mol. The predicted molar refractivity (Wildman–Crippen MR) is 46.7 cm³/mol. The molecule has 0 spiro atoms. The summed E-state index contributed by atoms with van der Waals surface area (Å²) in [4.78, 5) is 0. The van der Waals surface area contributed by atoms with Crippen LogP contribution < -0.4 is 0 Å². The molecular formula is C8H13S. The third-order valence-corrected chi connectivity index (χ3v) is 3.42. The predicted octanol–water partition coefficient (Wildman–Crippen LogP) is 2.64. The van der Waals surface area contributed by atoms with Crippen molar-refractivity contribution in [2.24, 2.45) is 0 Å². The zero-order valence-electron chi connectivity index (χ0n) is 5.80. The molecule has 1 rings (SSSR count). The second kappa shape index (κ2) is 3.11. The summed E-state index contributed by atoms with van der Waals surface area (Å²) in [6.07, 6.45) is 3.28. The molecule has 1 unspecified atom stereocenters. The molecule has 0 bridgehead atoms. The number of hydrogen-bond acceptors (Lipinski definition) is 0. The molecule has 0 aromatic carbocycles. The van der Waals surface area contributed by atoms with Gasteiger partial charge in [-0.2, -0.15) is 0 Å². The molecule has 1 heterocycles. The first kappa shape index (κ1) is 6.94. The van der Waals surface area contributed by atoms with Crippen LogP contribution in [0.25, 0.3) is 0 Å². The molecule has 1 aliphatic rings. The summed E-state index contributed by atoms with van der Waals surface area (Å²) in [5.74, 6) is 1.27. The minimum absolute atomic E-state index is 0.110. The van der Waals surface area contributed by atoms with Gasteiger partial charge in [0.05, 0.1) is 0 Å². The Hall–Kier alpha value is -0.170. The molecule has 9 heavy (non-hydrogen) atoms. The molecule has 1 radical (unpaired) electrons. The van der Waals surface area contributed by atoms with Gasteiger partial charge in [-0.1, -0.05) is 13.0 Å². The first-order valence-electron chi connectivity index (χ1n) is 3.24. The first-order chi connectivity index (χ1) is 4.33. The largest absolute Gasteiger partial charge is 0.213 e. The second-order valence-corrected chi connectivity index (χ2v) is 4.31. The fourth-order valence-corrected chi connectivity index (χ4v) is 2.65. The molecule has 0 fully saturated rings. The van der Waals surface area contributed by atoms with Crippen LogP contribution in [0.3, 0.4) is 0 Å². The van der Waals surface area contributed by atoms with Gasteiger partial charge < -0.3 is 0 Å². The topological polar surface area (TPSA) is 0 Å². The maximum Gasteiger partial charge on any atom is -0.0185 e. The van der Waals surface area contributed by atoms with Crippen LogP contribution in [-0.4, -0.2) is 5.75 Å². The Morgan fingerprint density at radius 3 is 2.89 bits per heavy atom. The van der Waals surface area contributed by atoms with E-state index in [4.69, 9.17) is 0 Å².